The summed E-state index contributed by atoms with van der Waals surface area (Å²) in [5, 5.41) is 5.58. The van der Waals surface area contributed by atoms with Gasteiger partial charge in [0, 0.05) is 14.6 Å². The molecule has 1 aliphatic heterocycles. The van der Waals surface area contributed by atoms with Gasteiger partial charge in [0.15, 0.2) is 0 Å². The largest absolute Gasteiger partial charge is 0.143 e. The zero-order valence-electron chi connectivity index (χ0n) is 6.76. The van der Waals surface area contributed by atoms with Gasteiger partial charge < -0.3 is 0 Å². The second kappa shape index (κ2) is 2.31. The quantitative estimate of drug-likeness (QED) is 0.487. The van der Waals surface area contributed by atoms with Gasteiger partial charge in [-0.3, -0.25) is 0 Å². The number of fused-ring (bicyclic) bond motifs is 3. The van der Waals surface area contributed by atoms with Gasteiger partial charge in [0.1, 0.15) is 0 Å². The molecule has 0 aliphatic carbocycles. The molecule has 1 aliphatic rings. The minimum absolute atomic E-state index is 0.0762. The maximum Gasteiger partial charge on any atom is 0.0914 e. The first-order chi connectivity index (χ1) is 5.84. The molecule has 0 unspecified atom stereocenters. The lowest BCUT2D eigenvalue weighted by Crippen LogP contribution is -2.18. The Morgan fingerprint density at radius 1 is 1.25 bits per heavy atom. The maximum absolute atomic E-state index is 2.39. The number of hydrogen-bond donors (Lipinski definition) is 0. The Morgan fingerprint density at radius 2 is 2.17 bits per heavy atom. The van der Waals surface area contributed by atoms with E-state index in [0.717, 1.165) is 0 Å². The van der Waals surface area contributed by atoms with E-state index in [-0.39, 0.29) is 9.52 Å². The predicted octanol–water partition coefficient (Wildman–Crippen LogP) is 1.22. The molecule has 3 heteroatoms. The van der Waals surface area contributed by atoms with E-state index in [1.54, 1.807) is 20.1 Å². The standard InChI is InChI=1S/C9H8S2Si/c1-5-4-7-9(11-5)8-6(12-7)2-3-10-8/h2-4H,12H2,1H3. The van der Waals surface area contributed by atoms with Crippen LogP contribution in [0.25, 0.3) is 9.75 Å². The van der Waals surface area contributed by atoms with Crippen LogP contribution in [0, 0.1) is 6.92 Å². The van der Waals surface area contributed by atoms with Crippen LogP contribution in [0.3, 0.4) is 0 Å². The Bertz CT molecular complexity index is 439. The van der Waals surface area contributed by atoms with Crippen LogP contribution in [0.15, 0.2) is 17.5 Å². The van der Waals surface area contributed by atoms with Crippen molar-refractivity contribution in [2.24, 2.45) is 0 Å². The summed E-state index contributed by atoms with van der Waals surface area (Å²) in [5.41, 5.74) is 0. The first-order valence-electron chi connectivity index (χ1n) is 4.00. The van der Waals surface area contributed by atoms with Gasteiger partial charge in [0.25, 0.3) is 0 Å². The molecule has 0 atom stereocenters. The molecule has 0 N–H and O–H groups in total. The molecule has 60 valence electrons. The van der Waals surface area contributed by atoms with Gasteiger partial charge in [0.05, 0.1) is 9.52 Å². The normalized spacial score (nSPS) is 15.1. The molecule has 0 radical (unpaired) electrons. The number of rotatable bonds is 0. The van der Waals surface area contributed by atoms with E-state index < -0.39 is 0 Å². The molecule has 0 saturated heterocycles. The maximum atomic E-state index is 2.39. The lowest BCUT2D eigenvalue weighted by molar-refractivity contribution is 1.66. The van der Waals surface area contributed by atoms with Crippen LogP contribution in [0.4, 0.5) is 0 Å². The highest BCUT2D eigenvalue weighted by molar-refractivity contribution is 7.25. The lowest BCUT2D eigenvalue weighted by Gasteiger charge is -1.86. The first-order valence-corrected chi connectivity index (χ1v) is 7.11. The number of thiophene rings is 2. The van der Waals surface area contributed by atoms with E-state index in [1.807, 2.05) is 22.7 Å². The van der Waals surface area contributed by atoms with E-state index in [0.29, 0.717) is 0 Å². The van der Waals surface area contributed by atoms with Gasteiger partial charge in [-0.1, -0.05) is 6.07 Å². The second-order valence-corrected chi connectivity index (χ2v) is 7.21. The highest BCUT2D eigenvalue weighted by Gasteiger charge is 2.21. The molecule has 0 amide bonds. The number of aryl methyl sites for hydroxylation is 1. The third-order valence-corrected chi connectivity index (χ3v) is 6.90. The molecule has 0 aromatic carbocycles. The topological polar surface area (TPSA) is 0 Å². The van der Waals surface area contributed by atoms with Crippen LogP contribution in [-0.4, -0.2) is 9.52 Å². The van der Waals surface area contributed by atoms with Crippen molar-refractivity contribution in [3.8, 4) is 9.75 Å². The fourth-order valence-corrected chi connectivity index (χ4v) is 7.01. The Labute approximate surface area is 81.7 Å². The molecular weight excluding hydrogens is 200 g/mol. The summed E-state index contributed by atoms with van der Waals surface area (Å²) >= 11 is 3.88. The summed E-state index contributed by atoms with van der Waals surface area (Å²) in [6.45, 7) is 2.21. The summed E-state index contributed by atoms with van der Waals surface area (Å²) in [4.78, 5) is 4.64. The molecule has 3 rings (SSSR count). The fraction of sp³-hybridized carbons (Fsp3) is 0.111. The molecule has 3 heterocycles. The van der Waals surface area contributed by atoms with Crippen molar-refractivity contribution in [2.45, 2.75) is 6.92 Å². The SMILES string of the molecule is Cc1cc2c(s1)-c1sccc1[SiH2]2. The zero-order chi connectivity index (χ0) is 8.13. The van der Waals surface area contributed by atoms with Gasteiger partial charge in [-0.15, -0.1) is 22.7 Å². The van der Waals surface area contributed by atoms with Gasteiger partial charge in [-0.25, -0.2) is 0 Å². The van der Waals surface area contributed by atoms with Crippen LogP contribution in [0.2, 0.25) is 0 Å². The summed E-state index contributed by atoms with van der Waals surface area (Å²) < 4.78 is 0. The van der Waals surface area contributed by atoms with Crippen LogP contribution in [0.1, 0.15) is 4.88 Å². The average molecular weight is 208 g/mol. The molecule has 0 saturated carbocycles. The monoisotopic (exact) mass is 208 g/mol. The highest BCUT2D eigenvalue weighted by atomic mass is 32.1. The lowest BCUT2D eigenvalue weighted by atomic mass is 10.4. The van der Waals surface area contributed by atoms with Crippen molar-refractivity contribution in [1.82, 2.24) is 0 Å². The molecular formula is C9H8S2Si. The van der Waals surface area contributed by atoms with Crippen molar-refractivity contribution in [3.63, 3.8) is 0 Å². The van der Waals surface area contributed by atoms with Crippen molar-refractivity contribution in [1.29, 1.82) is 0 Å². The molecule has 0 spiro atoms. The third-order valence-electron chi connectivity index (χ3n) is 2.27. The fourth-order valence-electron chi connectivity index (χ4n) is 1.77. The second-order valence-electron chi connectivity index (χ2n) is 3.16. The zero-order valence-corrected chi connectivity index (χ0v) is 9.80. The van der Waals surface area contributed by atoms with Crippen molar-refractivity contribution in [3.05, 3.63) is 22.4 Å². The molecule has 0 fully saturated rings. The van der Waals surface area contributed by atoms with Crippen molar-refractivity contribution < 1.29 is 0 Å². The molecule has 0 nitrogen and oxygen atoms in total. The van der Waals surface area contributed by atoms with Gasteiger partial charge in [-0.05, 0) is 28.7 Å². The minimum Gasteiger partial charge on any atom is -0.143 e. The Morgan fingerprint density at radius 3 is 3.08 bits per heavy atom. The van der Waals surface area contributed by atoms with Crippen LogP contribution in [0.5, 0.6) is 0 Å². The van der Waals surface area contributed by atoms with E-state index in [1.165, 1.54) is 4.88 Å². The number of hydrogen-bond acceptors (Lipinski definition) is 2. The Kier molecular flexibility index (Phi) is 1.36. The highest BCUT2D eigenvalue weighted by Crippen LogP contribution is 2.31. The minimum atomic E-state index is -0.0762. The van der Waals surface area contributed by atoms with Crippen molar-refractivity contribution >= 4 is 42.6 Å². The molecule has 12 heavy (non-hydrogen) atoms. The van der Waals surface area contributed by atoms with Crippen LogP contribution in [-0.2, 0) is 0 Å². The van der Waals surface area contributed by atoms with Gasteiger partial charge in [-0.2, -0.15) is 0 Å². The predicted molar refractivity (Wildman–Crippen MR) is 60.2 cm³/mol. The van der Waals surface area contributed by atoms with E-state index in [4.69, 9.17) is 0 Å². The summed E-state index contributed by atoms with van der Waals surface area (Å²) in [5.74, 6) is 0. The summed E-state index contributed by atoms with van der Waals surface area (Å²) in [6, 6.07) is 4.70. The van der Waals surface area contributed by atoms with Crippen LogP contribution >= 0.6 is 22.7 Å². The summed E-state index contributed by atoms with van der Waals surface area (Å²) in [6.07, 6.45) is 0. The van der Waals surface area contributed by atoms with Crippen molar-refractivity contribution in [2.75, 3.05) is 0 Å². The Hall–Kier alpha value is -0.383. The Balaban J connectivity index is 2.32. The smallest absolute Gasteiger partial charge is 0.0914 e. The third kappa shape index (κ3) is 0.814. The molecule has 0 bridgehead atoms. The van der Waals surface area contributed by atoms with Crippen LogP contribution < -0.4 is 10.4 Å². The van der Waals surface area contributed by atoms with E-state index in [9.17, 15) is 0 Å². The molecule has 2 aromatic rings. The van der Waals surface area contributed by atoms with E-state index in [2.05, 4.69) is 24.4 Å². The summed E-state index contributed by atoms with van der Waals surface area (Å²) in [7, 11) is -0.0762. The van der Waals surface area contributed by atoms with Gasteiger partial charge >= 0.3 is 0 Å². The average Bonchev–Trinajstić information content (AvgIpc) is 2.59. The molecule has 2 aromatic heterocycles. The first kappa shape index (κ1) is 7.06. The van der Waals surface area contributed by atoms with E-state index >= 15 is 0 Å². The van der Waals surface area contributed by atoms with Gasteiger partial charge in [0.2, 0.25) is 0 Å².